The lowest BCUT2D eigenvalue weighted by molar-refractivity contribution is -0.305. The zero-order valence-corrected chi connectivity index (χ0v) is 14.9. The molecular formula is C18H24O10. The van der Waals surface area contributed by atoms with Gasteiger partial charge in [-0.15, -0.1) is 0 Å². The van der Waals surface area contributed by atoms with Gasteiger partial charge >= 0.3 is 5.97 Å². The Hall–Kier alpha value is -2.05. The van der Waals surface area contributed by atoms with Crippen molar-refractivity contribution in [3.8, 4) is 5.75 Å². The molecular weight excluding hydrogens is 376 g/mol. The predicted molar refractivity (Wildman–Crippen MR) is 93.8 cm³/mol. The Morgan fingerprint density at radius 1 is 1.11 bits per heavy atom. The summed E-state index contributed by atoms with van der Waals surface area (Å²) in [6.45, 7) is -1.54. The molecule has 0 aliphatic carbocycles. The highest BCUT2D eigenvalue weighted by Crippen LogP contribution is 2.22. The Kier molecular flexibility index (Phi) is 8.33. The van der Waals surface area contributed by atoms with Gasteiger partial charge in [0.05, 0.1) is 19.8 Å². The molecule has 0 spiro atoms. The number of aliphatic hydroxyl groups is 5. The largest absolute Gasteiger partial charge is 0.508 e. The van der Waals surface area contributed by atoms with Crippen LogP contribution in [-0.4, -0.2) is 93.2 Å². The van der Waals surface area contributed by atoms with Crippen molar-refractivity contribution in [1.29, 1.82) is 0 Å². The van der Waals surface area contributed by atoms with Crippen LogP contribution in [0.1, 0.15) is 5.56 Å². The van der Waals surface area contributed by atoms with Crippen LogP contribution in [-0.2, 0) is 19.0 Å². The van der Waals surface area contributed by atoms with Crippen LogP contribution in [0.25, 0.3) is 6.08 Å². The summed E-state index contributed by atoms with van der Waals surface area (Å²) >= 11 is 0. The Balaban J connectivity index is 1.86. The third-order valence-electron chi connectivity index (χ3n) is 4.09. The molecule has 6 atom stereocenters. The van der Waals surface area contributed by atoms with E-state index in [1.807, 2.05) is 0 Å². The zero-order valence-electron chi connectivity index (χ0n) is 14.9. The van der Waals surface area contributed by atoms with E-state index in [1.165, 1.54) is 18.2 Å². The molecule has 156 valence electrons. The SMILES string of the molecule is O=C(/C=C/c1ccc(O)cc1)O[C@@H](CO)CO[C@@H]1O[C@H](CO)[C@@H](O)[C@H](O)[C@H]1O. The topological polar surface area (TPSA) is 166 Å². The van der Waals surface area contributed by atoms with Crippen molar-refractivity contribution in [2.24, 2.45) is 0 Å². The van der Waals surface area contributed by atoms with Crippen LogP contribution >= 0.6 is 0 Å². The van der Waals surface area contributed by atoms with Crippen LogP contribution in [0, 0.1) is 0 Å². The molecule has 0 saturated carbocycles. The number of rotatable bonds is 8. The molecule has 0 radical (unpaired) electrons. The fourth-order valence-corrected chi connectivity index (χ4v) is 2.48. The normalized spacial score (nSPS) is 29.0. The smallest absolute Gasteiger partial charge is 0.331 e. The number of phenolic OH excluding ortho intramolecular Hbond substituents is 1. The number of ether oxygens (including phenoxy) is 3. The minimum atomic E-state index is -1.60. The molecule has 1 saturated heterocycles. The lowest BCUT2D eigenvalue weighted by Gasteiger charge is -2.39. The standard InChI is InChI=1S/C18H24O10/c19-7-12(27-14(22)6-3-10-1-4-11(21)5-2-10)9-26-18-17(25)16(24)15(23)13(8-20)28-18/h1-6,12-13,15-21,23-25H,7-9H2/b6-3+/t12-,13+,15+,16-,17+,18+/m0/s1. The average molecular weight is 400 g/mol. The maximum absolute atomic E-state index is 11.8. The molecule has 1 aliphatic rings. The number of hydrogen-bond donors (Lipinski definition) is 6. The van der Waals surface area contributed by atoms with E-state index in [0.29, 0.717) is 5.56 Å². The second kappa shape index (κ2) is 10.5. The molecule has 6 N–H and O–H groups in total. The van der Waals surface area contributed by atoms with Gasteiger partial charge in [0.15, 0.2) is 6.29 Å². The molecule has 28 heavy (non-hydrogen) atoms. The first-order chi connectivity index (χ1) is 13.3. The highest BCUT2D eigenvalue weighted by molar-refractivity contribution is 5.87. The molecule has 1 fully saturated rings. The number of carbonyl (C=O) groups excluding carboxylic acids is 1. The molecule has 1 aromatic carbocycles. The molecule has 0 aromatic heterocycles. The summed E-state index contributed by atoms with van der Waals surface area (Å²) in [5.74, 6) is -0.671. The van der Waals surface area contributed by atoms with Crippen LogP contribution < -0.4 is 0 Å². The van der Waals surface area contributed by atoms with Crippen molar-refractivity contribution in [1.82, 2.24) is 0 Å². The number of aromatic hydroxyl groups is 1. The second-order valence-corrected chi connectivity index (χ2v) is 6.20. The fourth-order valence-electron chi connectivity index (χ4n) is 2.48. The van der Waals surface area contributed by atoms with Crippen LogP contribution in [0.15, 0.2) is 30.3 Å². The molecule has 1 heterocycles. The zero-order chi connectivity index (χ0) is 20.7. The van der Waals surface area contributed by atoms with Crippen molar-refractivity contribution in [2.45, 2.75) is 36.8 Å². The Morgan fingerprint density at radius 3 is 2.39 bits per heavy atom. The first-order valence-corrected chi connectivity index (χ1v) is 8.56. The molecule has 2 rings (SSSR count). The molecule has 1 aromatic rings. The maximum Gasteiger partial charge on any atom is 0.331 e. The summed E-state index contributed by atoms with van der Waals surface area (Å²) in [5.41, 5.74) is 0.646. The van der Waals surface area contributed by atoms with Crippen LogP contribution in [0.3, 0.4) is 0 Å². The van der Waals surface area contributed by atoms with Crippen molar-refractivity contribution >= 4 is 12.0 Å². The molecule has 0 amide bonds. The Labute approximate surface area is 160 Å². The second-order valence-electron chi connectivity index (χ2n) is 6.20. The van der Waals surface area contributed by atoms with Gasteiger partial charge in [-0.2, -0.15) is 0 Å². The number of carbonyl (C=O) groups is 1. The summed E-state index contributed by atoms with van der Waals surface area (Å²) < 4.78 is 15.4. The van der Waals surface area contributed by atoms with E-state index in [-0.39, 0.29) is 12.4 Å². The van der Waals surface area contributed by atoms with Gasteiger partial charge in [0.2, 0.25) is 0 Å². The van der Waals surface area contributed by atoms with Crippen LogP contribution in [0.2, 0.25) is 0 Å². The Morgan fingerprint density at radius 2 is 1.79 bits per heavy atom. The van der Waals surface area contributed by atoms with Gasteiger partial charge in [-0.05, 0) is 23.8 Å². The van der Waals surface area contributed by atoms with Gasteiger partial charge in [0.1, 0.15) is 36.3 Å². The van der Waals surface area contributed by atoms with E-state index in [2.05, 4.69) is 0 Å². The van der Waals surface area contributed by atoms with Gasteiger partial charge in [-0.25, -0.2) is 4.79 Å². The van der Waals surface area contributed by atoms with Crippen molar-refractivity contribution in [3.63, 3.8) is 0 Å². The van der Waals surface area contributed by atoms with E-state index in [1.54, 1.807) is 12.1 Å². The van der Waals surface area contributed by atoms with Gasteiger partial charge in [-0.1, -0.05) is 12.1 Å². The van der Waals surface area contributed by atoms with Crippen molar-refractivity contribution in [2.75, 3.05) is 19.8 Å². The average Bonchev–Trinajstić information content (AvgIpc) is 2.70. The number of esters is 1. The Bertz CT molecular complexity index is 644. The van der Waals surface area contributed by atoms with Crippen molar-refractivity contribution < 1.29 is 49.6 Å². The van der Waals surface area contributed by atoms with Crippen molar-refractivity contribution in [3.05, 3.63) is 35.9 Å². The molecule has 1 aliphatic heterocycles. The van der Waals surface area contributed by atoms with E-state index < -0.39 is 56.0 Å². The number of hydrogen-bond acceptors (Lipinski definition) is 10. The van der Waals surface area contributed by atoms with Crippen LogP contribution in [0.5, 0.6) is 5.75 Å². The summed E-state index contributed by atoms with van der Waals surface area (Å²) in [6, 6.07) is 6.08. The molecule has 0 unspecified atom stereocenters. The summed E-state index contributed by atoms with van der Waals surface area (Å²) in [7, 11) is 0. The molecule has 0 bridgehead atoms. The fraction of sp³-hybridized carbons (Fsp3) is 0.500. The highest BCUT2D eigenvalue weighted by Gasteiger charge is 2.44. The minimum absolute atomic E-state index is 0.0883. The quantitative estimate of drug-likeness (QED) is 0.215. The third kappa shape index (κ3) is 5.97. The van der Waals surface area contributed by atoms with Gasteiger partial charge in [0.25, 0.3) is 0 Å². The summed E-state index contributed by atoms with van der Waals surface area (Å²) in [5, 5.41) is 57.0. The minimum Gasteiger partial charge on any atom is -0.508 e. The third-order valence-corrected chi connectivity index (χ3v) is 4.09. The van der Waals surface area contributed by atoms with Gasteiger partial charge in [0, 0.05) is 6.08 Å². The highest BCUT2D eigenvalue weighted by atomic mass is 16.7. The number of benzene rings is 1. The first-order valence-electron chi connectivity index (χ1n) is 8.56. The summed E-state index contributed by atoms with van der Waals surface area (Å²) in [4.78, 5) is 11.8. The molecule has 10 heteroatoms. The number of aliphatic hydroxyl groups excluding tert-OH is 5. The van der Waals surface area contributed by atoms with Gasteiger partial charge in [-0.3, -0.25) is 0 Å². The van der Waals surface area contributed by atoms with E-state index >= 15 is 0 Å². The summed E-state index contributed by atoms with van der Waals surface area (Å²) in [6.07, 6.45) is -5.73. The van der Waals surface area contributed by atoms with Crippen LogP contribution in [0.4, 0.5) is 0 Å². The lowest BCUT2D eigenvalue weighted by Crippen LogP contribution is -2.59. The molecule has 10 nitrogen and oxygen atoms in total. The predicted octanol–water partition coefficient (Wildman–Crippen LogP) is -1.87. The van der Waals surface area contributed by atoms with E-state index in [4.69, 9.17) is 19.3 Å². The first kappa shape index (κ1) is 22.2. The maximum atomic E-state index is 11.8. The van der Waals surface area contributed by atoms with E-state index in [9.17, 15) is 30.3 Å². The monoisotopic (exact) mass is 400 g/mol. The number of phenols is 1. The van der Waals surface area contributed by atoms with E-state index in [0.717, 1.165) is 6.08 Å². The lowest BCUT2D eigenvalue weighted by atomic mass is 9.99. The van der Waals surface area contributed by atoms with Gasteiger partial charge < -0.3 is 44.8 Å².